The molecule has 7 heteroatoms. The third kappa shape index (κ3) is 3.31. The Balaban J connectivity index is 1.61. The minimum absolute atomic E-state index is 0.0289. The molecule has 0 spiro atoms. The molecule has 0 aliphatic heterocycles. The van der Waals surface area contributed by atoms with Crippen molar-refractivity contribution in [2.24, 2.45) is 14.1 Å². The first-order valence-corrected chi connectivity index (χ1v) is 9.20. The van der Waals surface area contributed by atoms with Crippen molar-refractivity contribution in [2.45, 2.75) is 13.3 Å². The minimum Gasteiger partial charge on any atom is -0.336 e. The van der Waals surface area contributed by atoms with Crippen LogP contribution in [0.3, 0.4) is 0 Å². The largest absolute Gasteiger partial charge is 0.336 e. The summed E-state index contributed by atoms with van der Waals surface area (Å²) in [5.74, 6) is 0.551. The first-order chi connectivity index (χ1) is 13.8. The zero-order valence-electron chi connectivity index (χ0n) is 16.4. The predicted molar refractivity (Wildman–Crippen MR) is 110 cm³/mol. The van der Waals surface area contributed by atoms with Crippen LogP contribution in [0.2, 0.25) is 0 Å². The van der Waals surface area contributed by atoms with Crippen LogP contribution in [0.5, 0.6) is 0 Å². The molecule has 146 valence electrons. The summed E-state index contributed by atoms with van der Waals surface area (Å²) in [5, 5.41) is 0. The molecule has 0 aliphatic carbocycles. The SMILES string of the molecule is Cc1ccc(C(=O)c2ccc(Cc3nc4c([nH]3)c(=O)n(C)c(=O)n4C)cc2)cc1. The number of benzene rings is 2. The van der Waals surface area contributed by atoms with Crippen molar-refractivity contribution in [1.82, 2.24) is 19.1 Å². The molecule has 29 heavy (non-hydrogen) atoms. The zero-order valence-corrected chi connectivity index (χ0v) is 16.4. The Labute approximate surface area is 166 Å². The van der Waals surface area contributed by atoms with Crippen LogP contribution in [0.4, 0.5) is 0 Å². The summed E-state index contributed by atoms with van der Waals surface area (Å²) >= 11 is 0. The maximum absolute atomic E-state index is 12.6. The number of hydrogen-bond donors (Lipinski definition) is 1. The normalized spacial score (nSPS) is 11.1. The lowest BCUT2D eigenvalue weighted by Gasteiger charge is -2.04. The number of nitrogens with one attached hydrogen (secondary N) is 1. The Hall–Kier alpha value is -3.74. The minimum atomic E-state index is -0.417. The molecule has 4 aromatic rings. The van der Waals surface area contributed by atoms with Crippen LogP contribution >= 0.6 is 0 Å². The van der Waals surface area contributed by atoms with Gasteiger partial charge in [-0.1, -0.05) is 54.1 Å². The van der Waals surface area contributed by atoms with Gasteiger partial charge in [-0.05, 0) is 12.5 Å². The van der Waals surface area contributed by atoms with E-state index in [0.29, 0.717) is 34.5 Å². The van der Waals surface area contributed by atoms with E-state index in [1.165, 1.54) is 11.6 Å². The van der Waals surface area contributed by atoms with E-state index < -0.39 is 11.2 Å². The standard InChI is InChI=1S/C22H20N4O3/c1-13-4-8-15(9-5-13)19(27)16-10-6-14(7-11-16)12-17-23-18-20(24-17)25(2)22(29)26(3)21(18)28/h4-11H,12H2,1-3H3,(H,23,24). The smallest absolute Gasteiger partial charge is 0.332 e. The zero-order chi connectivity index (χ0) is 20.7. The molecule has 0 saturated carbocycles. The van der Waals surface area contributed by atoms with Gasteiger partial charge in [-0.2, -0.15) is 0 Å². The number of nitrogens with zero attached hydrogens (tertiary/aromatic N) is 3. The van der Waals surface area contributed by atoms with E-state index in [2.05, 4.69) is 9.97 Å². The van der Waals surface area contributed by atoms with E-state index in [4.69, 9.17) is 0 Å². The second-order valence-corrected chi connectivity index (χ2v) is 7.16. The summed E-state index contributed by atoms with van der Waals surface area (Å²) in [5.41, 5.74) is 3.12. The lowest BCUT2D eigenvalue weighted by atomic mass is 10.0. The van der Waals surface area contributed by atoms with E-state index in [-0.39, 0.29) is 5.78 Å². The summed E-state index contributed by atoms with van der Waals surface area (Å²) < 4.78 is 2.40. The van der Waals surface area contributed by atoms with Gasteiger partial charge < -0.3 is 4.98 Å². The van der Waals surface area contributed by atoms with Crippen LogP contribution in [0.15, 0.2) is 58.1 Å². The third-order valence-corrected chi connectivity index (χ3v) is 5.05. The molecule has 4 rings (SSSR count). The molecule has 7 nitrogen and oxygen atoms in total. The van der Waals surface area contributed by atoms with Crippen molar-refractivity contribution in [3.05, 3.63) is 97.4 Å². The maximum atomic E-state index is 12.6. The maximum Gasteiger partial charge on any atom is 0.332 e. The molecular weight excluding hydrogens is 368 g/mol. The second kappa shape index (κ2) is 7.01. The molecule has 0 bridgehead atoms. The second-order valence-electron chi connectivity index (χ2n) is 7.16. The van der Waals surface area contributed by atoms with Crippen molar-refractivity contribution < 1.29 is 4.79 Å². The average molecular weight is 388 g/mol. The molecule has 0 atom stereocenters. The van der Waals surface area contributed by atoms with Gasteiger partial charge in [0, 0.05) is 31.6 Å². The van der Waals surface area contributed by atoms with Gasteiger partial charge in [0.25, 0.3) is 5.56 Å². The Bertz CT molecular complexity index is 1340. The Morgan fingerprint density at radius 2 is 1.52 bits per heavy atom. The van der Waals surface area contributed by atoms with Crippen molar-refractivity contribution in [3.8, 4) is 0 Å². The summed E-state index contributed by atoms with van der Waals surface area (Å²) in [7, 11) is 3.02. The van der Waals surface area contributed by atoms with Gasteiger partial charge in [0.05, 0.1) is 0 Å². The van der Waals surface area contributed by atoms with Crippen LogP contribution in [-0.2, 0) is 20.5 Å². The highest BCUT2D eigenvalue weighted by Gasteiger charge is 2.14. The van der Waals surface area contributed by atoms with E-state index in [1.807, 2.05) is 43.3 Å². The number of rotatable bonds is 4. The summed E-state index contributed by atoms with van der Waals surface area (Å²) in [6, 6.07) is 14.8. The topological polar surface area (TPSA) is 89.8 Å². The molecule has 0 aliphatic rings. The van der Waals surface area contributed by atoms with Gasteiger partial charge >= 0.3 is 5.69 Å². The Kier molecular flexibility index (Phi) is 4.50. The van der Waals surface area contributed by atoms with Gasteiger partial charge in [-0.15, -0.1) is 0 Å². The fourth-order valence-corrected chi connectivity index (χ4v) is 3.30. The fourth-order valence-electron chi connectivity index (χ4n) is 3.30. The van der Waals surface area contributed by atoms with Gasteiger partial charge in [-0.3, -0.25) is 18.7 Å². The van der Waals surface area contributed by atoms with Gasteiger partial charge in [0.2, 0.25) is 0 Å². The third-order valence-electron chi connectivity index (χ3n) is 5.05. The lowest BCUT2D eigenvalue weighted by molar-refractivity contribution is 0.103. The molecule has 2 aromatic carbocycles. The molecule has 1 N–H and O–H groups in total. The summed E-state index contributed by atoms with van der Waals surface area (Å²) in [6.07, 6.45) is 0.449. The lowest BCUT2D eigenvalue weighted by Crippen LogP contribution is -2.36. The molecule has 0 unspecified atom stereocenters. The van der Waals surface area contributed by atoms with Crippen molar-refractivity contribution in [3.63, 3.8) is 0 Å². The summed E-state index contributed by atoms with van der Waals surface area (Å²) in [6.45, 7) is 1.98. The number of carbonyl (C=O) groups is 1. The molecular formula is C22H20N4O3. The van der Waals surface area contributed by atoms with Crippen LogP contribution in [0.25, 0.3) is 11.2 Å². The highest BCUT2D eigenvalue weighted by Crippen LogP contribution is 2.15. The molecule has 0 saturated heterocycles. The number of hydrogen-bond acceptors (Lipinski definition) is 4. The van der Waals surface area contributed by atoms with E-state index in [0.717, 1.165) is 15.7 Å². The number of aromatic nitrogens is 4. The van der Waals surface area contributed by atoms with Crippen molar-refractivity contribution in [2.75, 3.05) is 0 Å². The van der Waals surface area contributed by atoms with Crippen molar-refractivity contribution >= 4 is 16.9 Å². The number of imidazole rings is 1. The number of carbonyl (C=O) groups excluding carboxylic acids is 1. The predicted octanol–water partition coefficient (Wildman–Crippen LogP) is 2.09. The summed E-state index contributed by atoms with van der Waals surface area (Å²) in [4.78, 5) is 44.4. The average Bonchev–Trinajstić information content (AvgIpc) is 3.15. The van der Waals surface area contributed by atoms with E-state index in [9.17, 15) is 14.4 Å². The molecule has 0 amide bonds. The van der Waals surface area contributed by atoms with Gasteiger partial charge in [0.15, 0.2) is 11.4 Å². The van der Waals surface area contributed by atoms with Gasteiger partial charge in [0.1, 0.15) is 11.3 Å². The number of ketones is 1. The fraction of sp³-hybridized carbons (Fsp3) is 0.182. The van der Waals surface area contributed by atoms with Crippen molar-refractivity contribution in [1.29, 1.82) is 0 Å². The van der Waals surface area contributed by atoms with Crippen LogP contribution in [0.1, 0.15) is 32.9 Å². The first-order valence-electron chi connectivity index (χ1n) is 9.20. The van der Waals surface area contributed by atoms with Gasteiger partial charge in [-0.25, -0.2) is 9.78 Å². The highest BCUT2D eigenvalue weighted by molar-refractivity contribution is 6.09. The Morgan fingerprint density at radius 3 is 2.14 bits per heavy atom. The van der Waals surface area contributed by atoms with Crippen LogP contribution in [0, 0.1) is 6.92 Å². The van der Waals surface area contributed by atoms with E-state index in [1.54, 1.807) is 19.2 Å². The molecule has 2 aromatic heterocycles. The monoisotopic (exact) mass is 388 g/mol. The quantitative estimate of drug-likeness (QED) is 0.542. The van der Waals surface area contributed by atoms with E-state index >= 15 is 0 Å². The first kappa shape index (κ1) is 18.6. The van der Waals surface area contributed by atoms with Crippen LogP contribution in [-0.4, -0.2) is 24.9 Å². The number of aryl methyl sites for hydroxylation is 2. The van der Waals surface area contributed by atoms with Crippen LogP contribution < -0.4 is 11.2 Å². The molecule has 0 fully saturated rings. The number of H-pyrrole nitrogens is 1. The molecule has 2 heterocycles. The highest BCUT2D eigenvalue weighted by atomic mass is 16.2. The molecule has 0 radical (unpaired) electrons. The number of aromatic amines is 1. The Morgan fingerprint density at radius 1 is 0.931 bits per heavy atom. The number of fused-ring (bicyclic) bond motifs is 1.